The number of ether oxygens (including phenoxy) is 1. The van der Waals surface area contributed by atoms with Crippen molar-refractivity contribution in [2.24, 2.45) is 53.3 Å². The molecule has 16 atom stereocenters. The first kappa shape index (κ1) is 32.0. The van der Waals surface area contributed by atoms with Crippen molar-refractivity contribution < 1.29 is 40.5 Å². The molecular weight excluding hydrogens is 526 g/mol. The smallest absolute Gasteiger partial charge is 0.155 e. The second-order valence-corrected chi connectivity index (χ2v) is 15.3. The molecule has 0 aliphatic heterocycles. The molecule has 0 aromatic carbocycles. The third-order valence-electron chi connectivity index (χ3n) is 12.6. The van der Waals surface area contributed by atoms with Crippen LogP contribution in [0.5, 0.6) is 0 Å². The van der Waals surface area contributed by atoms with E-state index in [1.54, 1.807) is 6.92 Å². The van der Waals surface area contributed by atoms with E-state index >= 15 is 0 Å². The minimum atomic E-state index is -1.83. The van der Waals surface area contributed by atoms with Crippen molar-refractivity contribution in [1.82, 2.24) is 4.90 Å². The number of hydrogen-bond donors (Lipinski definition) is 7. The van der Waals surface area contributed by atoms with Crippen molar-refractivity contribution in [2.45, 2.75) is 133 Å². The lowest BCUT2D eigenvalue weighted by molar-refractivity contribution is -0.291. The summed E-state index contributed by atoms with van der Waals surface area (Å²) in [5, 5.41) is 80.0. The van der Waals surface area contributed by atoms with Crippen LogP contribution in [0.2, 0.25) is 0 Å². The van der Waals surface area contributed by atoms with Gasteiger partial charge in [0.1, 0.15) is 5.60 Å². The van der Waals surface area contributed by atoms with Crippen LogP contribution < -0.4 is 0 Å². The van der Waals surface area contributed by atoms with Gasteiger partial charge in [-0.3, -0.25) is 0 Å². The predicted octanol–water partition coefficient (Wildman–Crippen LogP) is 1.34. The van der Waals surface area contributed by atoms with E-state index in [-0.39, 0.29) is 48.2 Å². The second kappa shape index (κ2) is 12.2. The third kappa shape index (κ3) is 5.66. The lowest BCUT2D eigenvalue weighted by Gasteiger charge is -2.63. The Morgan fingerprint density at radius 2 is 1.51 bits per heavy atom. The highest BCUT2D eigenvalue weighted by molar-refractivity contribution is 5.16. The van der Waals surface area contributed by atoms with E-state index in [0.29, 0.717) is 31.6 Å². The monoisotopic (exact) mass is 583 g/mol. The van der Waals surface area contributed by atoms with Crippen LogP contribution in [0.25, 0.3) is 0 Å². The lowest BCUT2D eigenvalue weighted by atomic mass is 9.47. The van der Waals surface area contributed by atoms with Crippen LogP contribution in [0.4, 0.5) is 0 Å². The highest BCUT2D eigenvalue weighted by atomic mass is 16.6. The van der Waals surface area contributed by atoms with Crippen LogP contribution in [0, 0.1) is 53.3 Å². The van der Waals surface area contributed by atoms with Crippen molar-refractivity contribution >= 4 is 0 Å². The van der Waals surface area contributed by atoms with Gasteiger partial charge in [-0.25, -0.2) is 0 Å². The van der Waals surface area contributed by atoms with Gasteiger partial charge in [0.15, 0.2) is 6.29 Å². The van der Waals surface area contributed by atoms with Gasteiger partial charge in [-0.05, 0) is 108 Å². The van der Waals surface area contributed by atoms with Crippen molar-refractivity contribution in [3.63, 3.8) is 0 Å². The normalized spacial score (nSPS) is 53.6. The largest absolute Gasteiger partial charge is 0.393 e. The molecule has 238 valence electrons. The van der Waals surface area contributed by atoms with E-state index in [4.69, 9.17) is 4.74 Å². The molecule has 0 aromatic rings. The Labute approximate surface area is 245 Å². The Morgan fingerprint density at radius 3 is 2.12 bits per heavy atom. The standard InChI is InChI=1S/C32H57NO8/c1-15-6-8-21(9-7-15)41-24(35)14-19-13-23(33(4)5)22-12-18-11-20-10-16(2)25(17(3)34)30(38)32(20,40)31(39)26(18)29(37)27(22)28(19)36/h15-31,34-40H,6-14H2,1-5H3/t15?,16?,17?,18-,19?,20-,21?,22?,23?,24?,25?,26?,27?,28?,29?,30?,31?,32-/m1/s1. The molecule has 9 heteroatoms. The summed E-state index contributed by atoms with van der Waals surface area (Å²) >= 11 is 0. The Kier molecular flexibility index (Phi) is 9.54. The van der Waals surface area contributed by atoms with Gasteiger partial charge in [0.05, 0.1) is 36.6 Å². The molecule has 13 unspecified atom stereocenters. The Hall–Kier alpha value is -0.360. The summed E-state index contributed by atoms with van der Waals surface area (Å²) in [6.45, 7) is 5.84. The molecule has 0 bridgehead atoms. The molecule has 5 aliphatic rings. The second-order valence-electron chi connectivity index (χ2n) is 15.3. The summed E-state index contributed by atoms with van der Waals surface area (Å²) < 4.78 is 6.02. The zero-order chi connectivity index (χ0) is 30.0. The van der Waals surface area contributed by atoms with Crippen LogP contribution in [0.1, 0.15) is 78.6 Å². The van der Waals surface area contributed by atoms with Crippen LogP contribution in [0.15, 0.2) is 0 Å². The maximum absolute atomic E-state index is 11.9. The van der Waals surface area contributed by atoms with Gasteiger partial charge in [-0.2, -0.15) is 0 Å². The molecule has 0 spiro atoms. The zero-order valence-corrected chi connectivity index (χ0v) is 25.7. The van der Waals surface area contributed by atoms with Gasteiger partial charge in [0.25, 0.3) is 0 Å². The Balaban J connectivity index is 1.36. The number of nitrogens with zero attached hydrogens (tertiary/aromatic N) is 1. The molecule has 0 amide bonds. The Bertz CT molecular complexity index is 882. The first-order valence-corrected chi connectivity index (χ1v) is 16.4. The molecule has 5 saturated carbocycles. The van der Waals surface area contributed by atoms with E-state index in [2.05, 4.69) is 11.8 Å². The fourth-order valence-electron chi connectivity index (χ4n) is 10.5. The van der Waals surface area contributed by atoms with Gasteiger partial charge in [0.2, 0.25) is 0 Å². The molecule has 0 heterocycles. The predicted molar refractivity (Wildman–Crippen MR) is 153 cm³/mol. The average molecular weight is 584 g/mol. The van der Waals surface area contributed by atoms with E-state index in [9.17, 15) is 35.7 Å². The van der Waals surface area contributed by atoms with Crippen molar-refractivity contribution in [2.75, 3.05) is 14.1 Å². The number of rotatable bonds is 6. The molecule has 0 saturated heterocycles. The van der Waals surface area contributed by atoms with Gasteiger partial charge >= 0.3 is 0 Å². The van der Waals surface area contributed by atoms with Crippen LogP contribution in [0.3, 0.4) is 0 Å². The molecule has 7 N–H and O–H groups in total. The van der Waals surface area contributed by atoms with E-state index in [0.717, 1.165) is 25.7 Å². The molecule has 5 aliphatic carbocycles. The maximum atomic E-state index is 11.9. The van der Waals surface area contributed by atoms with Crippen molar-refractivity contribution in [3.05, 3.63) is 0 Å². The minimum Gasteiger partial charge on any atom is -0.393 e. The van der Waals surface area contributed by atoms with E-state index < -0.39 is 60.2 Å². The molecule has 9 nitrogen and oxygen atoms in total. The fourth-order valence-corrected chi connectivity index (χ4v) is 10.5. The number of aliphatic hydroxyl groups excluding tert-OH is 6. The summed E-state index contributed by atoms with van der Waals surface area (Å²) in [6.07, 6.45) is 0.433. The molecule has 5 fully saturated rings. The zero-order valence-electron chi connectivity index (χ0n) is 25.7. The summed E-state index contributed by atoms with van der Waals surface area (Å²) in [4.78, 5) is 2.16. The SMILES string of the molecule is CC1CCC(OC(O)CC2CC(N(C)C)C3C[C@H]4C[C@H]5CC(C)C(C(C)O)C(O)[C@@]5(O)C(O)C4C(O)C3C2O)CC1. The summed E-state index contributed by atoms with van der Waals surface area (Å²) in [7, 11) is 4.05. The maximum Gasteiger partial charge on any atom is 0.155 e. The van der Waals surface area contributed by atoms with Crippen LogP contribution in [-0.2, 0) is 4.74 Å². The van der Waals surface area contributed by atoms with E-state index in [1.807, 2.05) is 21.0 Å². The third-order valence-corrected chi connectivity index (χ3v) is 12.6. The van der Waals surface area contributed by atoms with Crippen LogP contribution in [-0.4, -0.2) is 109 Å². The molecule has 0 radical (unpaired) electrons. The number of aliphatic hydroxyl groups is 7. The van der Waals surface area contributed by atoms with Gasteiger partial charge < -0.3 is 45.4 Å². The number of hydrogen-bond acceptors (Lipinski definition) is 9. The molecule has 0 aromatic heterocycles. The summed E-state index contributed by atoms with van der Waals surface area (Å²) in [5.74, 6) is -1.82. The first-order chi connectivity index (χ1) is 19.2. The fraction of sp³-hybridized carbons (Fsp3) is 1.00. The quantitative estimate of drug-likeness (QED) is 0.230. The van der Waals surface area contributed by atoms with Gasteiger partial charge in [0, 0.05) is 30.2 Å². The van der Waals surface area contributed by atoms with Crippen molar-refractivity contribution in [3.8, 4) is 0 Å². The number of fused-ring (bicyclic) bond motifs is 3. The van der Waals surface area contributed by atoms with Gasteiger partial charge in [-0.15, -0.1) is 0 Å². The average Bonchev–Trinajstić information content (AvgIpc) is 2.88. The van der Waals surface area contributed by atoms with Crippen LogP contribution >= 0.6 is 0 Å². The Morgan fingerprint density at radius 1 is 0.854 bits per heavy atom. The van der Waals surface area contributed by atoms with Crippen molar-refractivity contribution in [1.29, 1.82) is 0 Å². The first-order valence-electron chi connectivity index (χ1n) is 16.4. The minimum absolute atomic E-state index is 0.0000591. The summed E-state index contributed by atoms with van der Waals surface area (Å²) in [6, 6.07) is 0.0835. The summed E-state index contributed by atoms with van der Waals surface area (Å²) in [5.41, 5.74) is -1.83. The molecular formula is C32H57NO8. The highest BCUT2D eigenvalue weighted by Gasteiger charge is 2.66. The van der Waals surface area contributed by atoms with E-state index in [1.165, 1.54) is 0 Å². The molecule has 41 heavy (non-hydrogen) atoms. The lowest BCUT2D eigenvalue weighted by Crippen LogP contribution is -2.73. The molecule has 5 rings (SSSR count). The topological polar surface area (TPSA) is 154 Å². The highest BCUT2D eigenvalue weighted by Crippen LogP contribution is 2.59. The van der Waals surface area contributed by atoms with Gasteiger partial charge in [-0.1, -0.05) is 13.8 Å².